The summed E-state index contributed by atoms with van der Waals surface area (Å²) in [5.74, 6) is 6.71. The molecule has 1 heteroatoms. The maximum absolute atomic E-state index is 12.6. The van der Waals surface area contributed by atoms with Crippen molar-refractivity contribution < 1.29 is 4.79 Å². The summed E-state index contributed by atoms with van der Waals surface area (Å²) in [6, 6.07) is 0. The third-order valence-corrected chi connectivity index (χ3v) is 11.0. The van der Waals surface area contributed by atoms with Crippen LogP contribution in [0.5, 0.6) is 0 Å². The molecule has 5 saturated carbocycles. The molecule has 5 aliphatic carbocycles. The zero-order valence-electron chi connectivity index (χ0n) is 18.1. The Balaban J connectivity index is 1.33. The predicted molar refractivity (Wildman–Crippen MR) is 111 cm³/mol. The molecule has 0 amide bonds. The smallest absolute Gasteiger partial charge is 0.136 e. The van der Waals surface area contributed by atoms with Gasteiger partial charge < -0.3 is 0 Å². The molecule has 5 rings (SSSR count). The highest BCUT2D eigenvalue weighted by Gasteiger charge is 2.60. The highest BCUT2D eigenvalue weighted by atomic mass is 16.1. The zero-order valence-corrected chi connectivity index (χ0v) is 18.1. The van der Waals surface area contributed by atoms with Crippen molar-refractivity contribution >= 4 is 5.78 Å². The summed E-state index contributed by atoms with van der Waals surface area (Å²) in [5, 5.41) is 0. The number of Topliss-reactive ketones (excluding diaryl/α,β-unsaturated/α-hetero) is 1. The molecule has 8 atom stereocenters. The van der Waals surface area contributed by atoms with Crippen molar-refractivity contribution in [2.45, 2.75) is 104 Å². The lowest BCUT2D eigenvalue weighted by Gasteiger charge is -2.61. The fraction of sp³-hybridized carbons (Fsp3) is 0.962. The van der Waals surface area contributed by atoms with Gasteiger partial charge in [-0.2, -0.15) is 0 Å². The van der Waals surface area contributed by atoms with E-state index in [-0.39, 0.29) is 0 Å². The van der Waals surface area contributed by atoms with Crippen molar-refractivity contribution in [1.82, 2.24) is 0 Å². The van der Waals surface area contributed by atoms with Crippen LogP contribution in [-0.2, 0) is 4.79 Å². The first-order valence-electron chi connectivity index (χ1n) is 12.5. The lowest BCUT2D eigenvalue weighted by Crippen LogP contribution is -2.53. The summed E-state index contributed by atoms with van der Waals surface area (Å²) in [4.78, 5) is 12.6. The lowest BCUT2D eigenvalue weighted by atomic mass is 9.44. The molecule has 152 valence electrons. The van der Waals surface area contributed by atoms with Crippen LogP contribution in [0, 0.1) is 52.3 Å². The molecule has 0 bridgehead atoms. The van der Waals surface area contributed by atoms with E-state index in [0.717, 1.165) is 36.0 Å². The Kier molecular flexibility index (Phi) is 4.56. The van der Waals surface area contributed by atoms with E-state index in [9.17, 15) is 4.79 Å². The van der Waals surface area contributed by atoms with Crippen LogP contribution in [0.4, 0.5) is 0 Å². The fourth-order valence-electron chi connectivity index (χ4n) is 8.98. The van der Waals surface area contributed by atoms with E-state index in [4.69, 9.17) is 0 Å². The van der Waals surface area contributed by atoms with Gasteiger partial charge in [-0.25, -0.2) is 0 Å². The van der Waals surface area contributed by atoms with Gasteiger partial charge in [-0.05, 0) is 117 Å². The van der Waals surface area contributed by atoms with Crippen LogP contribution in [0.2, 0.25) is 0 Å². The van der Waals surface area contributed by atoms with Crippen LogP contribution in [0.25, 0.3) is 0 Å². The molecule has 0 aliphatic heterocycles. The molecular formula is C26H42O. The van der Waals surface area contributed by atoms with Crippen molar-refractivity contribution in [3.63, 3.8) is 0 Å². The number of rotatable bonds is 4. The molecule has 0 aromatic rings. The number of fused-ring (bicyclic) bond motifs is 5. The maximum Gasteiger partial charge on any atom is 0.136 e. The highest BCUT2D eigenvalue weighted by molar-refractivity contribution is 5.83. The van der Waals surface area contributed by atoms with Crippen molar-refractivity contribution in [1.29, 1.82) is 0 Å². The van der Waals surface area contributed by atoms with Crippen LogP contribution in [0.15, 0.2) is 0 Å². The molecule has 0 heterocycles. The first-order chi connectivity index (χ1) is 13.0. The normalized spacial score (nSPS) is 52.0. The highest BCUT2D eigenvalue weighted by Crippen LogP contribution is 2.68. The minimum Gasteiger partial charge on any atom is -0.299 e. The molecular weight excluding hydrogens is 328 g/mol. The minimum absolute atomic E-state index is 0.465. The van der Waals surface area contributed by atoms with Gasteiger partial charge in [-0.1, -0.05) is 27.2 Å². The van der Waals surface area contributed by atoms with Gasteiger partial charge in [-0.3, -0.25) is 4.79 Å². The average molecular weight is 371 g/mol. The summed E-state index contributed by atoms with van der Waals surface area (Å²) < 4.78 is 0. The molecule has 0 saturated heterocycles. The second-order valence-corrected chi connectivity index (χ2v) is 12.0. The van der Waals surface area contributed by atoms with Gasteiger partial charge in [0, 0.05) is 12.3 Å². The third kappa shape index (κ3) is 2.88. The van der Waals surface area contributed by atoms with Crippen molar-refractivity contribution in [2.24, 2.45) is 52.3 Å². The van der Waals surface area contributed by atoms with Gasteiger partial charge >= 0.3 is 0 Å². The average Bonchev–Trinajstić information content (AvgIpc) is 3.45. The zero-order chi connectivity index (χ0) is 18.8. The first-order valence-corrected chi connectivity index (χ1v) is 12.5. The summed E-state index contributed by atoms with van der Waals surface area (Å²) in [5.41, 5.74) is 1.12. The van der Waals surface area contributed by atoms with Gasteiger partial charge in [0.05, 0.1) is 0 Å². The monoisotopic (exact) mass is 370 g/mol. The van der Waals surface area contributed by atoms with Crippen molar-refractivity contribution in [3.8, 4) is 0 Å². The van der Waals surface area contributed by atoms with Crippen LogP contribution in [-0.4, -0.2) is 5.78 Å². The molecule has 27 heavy (non-hydrogen) atoms. The number of carbonyl (C=O) groups is 1. The number of ketones is 1. The van der Waals surface area contributed by atoms with Crippen LogP contribution >= 0.6 is 0 Å². The van der Waals surface area contributed by atoms with Gasteiger partial charge in [0.1, 0.15) is 5.78 Å². The largest absolute Gasteiger partial charge is 0.299 e. The number of carbonyl (C=O) groups excluding carboxylic acids is 1. The van der Waals surface area contributed by atoms with Gasteiger partial charge in [0.15, 0.2) is 0 Å². The molecule has 5 fully saturated rings. The molecule has 5 aliphatic rings. The van der Waals surface area contributed by atoms with E-state index in [1.807, 2.05) is 0 Å². The second kappa shape index (κ2) is 6.60. The fourth-order valence-corrected chi connectivity index (χ4v) is 8.98. The molecule has 0 radical (unpaired) electrons. The van der Waals surface area contributed by atoms with E-state index < -0.39 is 0 Å². The van der Waals surface area contributed by atoms with E-state index in [1.165, 1.54) is 77.0 Å². The topological polar surface area (TPSA) is 17.1 Å². The molecule has 0 spiro atoms. The Bertz CT molecular complexity index is 591. The first kappa shape index (κ1) is 18.7. The van der Waals surface area contributed by atoms with Crippen LogP contribution in [0.3, 0.4) is 0 Å². The number of hydrogen-bond donors (Lipinski definition) is 0. The quantitative estimate of drug-likeness (QED) is 0.518. The summed E-state index contributed by atoms with van der Waals surface area (Å²) in [6.07, 6.45) is 17.9. The van der Waals surface area contributed by atoms with Crippen LogP contribution in [0.1, 0.15) is 104 Å². The molecule has 0 aromatic carbocycles. The Morgan fingerprint density at radius 2 is 1.59 bits per heavy atom. The molecule has 0 aromatic heterocycles. The predicted octanol–water partition coefficient (Wildman–Crippen LogP) is 7.04. The minimum atomic E-state index is 0.465. The van der Waals surface area contributed by atoms with Gasteiger partial charge in [-0.15, -0.1) is 0 Å². The van der Waals surface area contributed by atoms with Crippen molar-refractivity contribution in [2.75, 3.05) is 0 Å². The third-order valence-electron chi connectivity index (χ3n) is 11.0. The van der Waals surface area contributed by atoms with Crippen LogP contribution < -0.4 is 0 Å². The van der Waals surface area contributed by atoms with E-state index >= 15 is 0 Å². The molecule has 1 nitrogen and oxygen atoms in total. The van der Waals surface area contributed by atoms with Gasteiger partial charge in [0.25, 0.3) is 0 Å². The Hall–Kier alpha value is -0.330. The summed E-state index contributed by atoms with van der Waals surface area (Å²) >= 11 is 0. The Morgan fingerprint density at radius 3 is 2.33 bits per heavy atom. The summed E-state index contributed by atoms with van der Waals surface area (Å²) in [6.45, 7) is 7.72. The van der Waals surface area contributed by atoms with Gasteiger partial charge in [0.2, 0.25) is 0 Å². The van der Waals surface area contributed by atoms with Crippen molar-refractivity contribution in [3.05, 3.63) is 0 Å². The lowest BCUT2D eigenvalue weighted by molar-refractivity contribution is -0.128. The summed E-state index contributed by atoms with van der Waals surface area (Å²) in [7, 11) is 0. The van der Waals surface area contributed by atoms with E-state index in [2.05, 4.69) is 20.8 Å². The van der Waals surface area contributed by atoms with E-state index in [1.54, 1.807) is 0 Å². The maximum atomic E-state index is 12.6. The second-order valence-electron chi connectivity index (χ2n) is 12.0. The SMILES string of the molecule is CCC1CCC2(C)C(CC[C@H]3C4CCC(CC(=O)C5CC5)C4(C)CCC32)C1. The molecule has 7 unspecified atom stereocenters. The Labute approximate surface area is 167 Å². The Morgan fingerprint density at radius 1 is 0.852 bits per heavy atom. The standard InChI is InChI=1S/C26H42O/c1-4-17-11-13-25(2)19(15-17)7-9-21-22-10-8-20(16-24(27)18-5-6-18)26(22,3)14-12-23(21)25/h17-23H,4-16H2,1-3H3/t17?,19?,20?,21-,22?,23?,25?,26?/m0/s1. The number of hydrogen-bond acceptors (Lipinski definition) is 1. The van der Waals surface area contributed by atoms with E-state index in [0.29, 0.717) is 28.4 Å². The molecule has 0 N–H and O–H groups in total.